The Kier molecular flexibility index (Phi) is 3.80. The summed E-state index contributed by atoms with van der Waals surface area (Å²) in [6.45, 7) is 4.49. The van der Waals surface area contributed by atoms with Gasteiger partial charge in [-0.2, -0.15) is 0 Å². The third-order valence-corrected chi connectivity index (χ3v) is 4.32. The Morgan fingerprint density at radius 1 is 1.19 bits per heavy atom. The van der Waals surface area contributed by atoms with Gasteiger partial charge in [0.05, 0.1) is 6.54 Å². The van der Waals surface area contributed by atoms with E-state index in [9.17, 15) is 4.79 Å². The number of rotatable bonds is 3. The molecule has 0 fully saturated rings. The fourth-order valence-corrected chi connectivity index (χ4v) is 2.92. The van der Waals surface area contributed by atoms with Crippen LogP contribution in [0.5, 0.6) is 0 Å². The van der Waals surface area contributed by atoms with E-state index in [2.05, 4.69) is 34.7 Å². The van der Waals surface area contributed by atoms with Crippen molar-refractivity contribution in [2.75, 3.05) is 25.0 Å². The average Bonchev–Trinajstić information content (AvgIpc) is 2.99. The van der Waals surface area contributed by atoms with Crippen LogP contribution in [-0.4, -0.2) is 35.5 Å². The molecule has 1 aromatic heterocycles. The second kappa shape index (κ2) is 5.74. The predicted octanol–water partition coefficient (Wildman–Crippen LogP) is 2.53. The van der Waals surface area contributed by atoms with E-state index in [0.29, 0.717) is 6.54 Å². The molecule has 21 heavy (non-hydrogen) atoms. The Morgan fingerprint density at radius 3 is 2.71 bits per heavy atom. The summed E-state index contributed by atoms with van der Waals surface area (Å²) in [5.74, 6) is 0.132. The highest BCUT2D eigenvalue weighted by Gasteiger charge is 2.26. The van der Waals surface area contributed by atoms with E-state index in [-0.39, 0.29) is 11.9 Å². The van der Waals surface area contributed by atoms with Crippen LogP contribution in [0.15, 0.2) is 48.7 Å². The van der Waals surface area contributed by atoms with E-state index in [1.807, 2.05) is 37.4 Å². The summed E-state index contributed by atoms with van der Waals surface area (Å²) in [7, 11) is 1.84. The maximum absolute atomic E-state index is 12.5. The summed E-state index contributed by atoms with van der Waals surface area (Å²) in [6, 6.07) is 14.3. The summed E-state index contributed by atoms with van der Waals surface area (Å²) in [4.78, 5) is 16.5. The van der Waals surface area contributed by atoms with Gasteiger partial charge in [0.15, 0.2) is 0 Å². The molecule has 4 heteroatoms. The standard InChI is InChI=1S/C17H21N3O/c1-14-16-9-6-10-19(16)11-12-20(14)13-17(21)18(2)15-7-4-3-5-8-15/h3-10,14H,11-13H2,1-2H3. The number of para-hydroxylation sites is 1. The van der Waals surface area contributed by atoms with Crippen LogP contribution in [-0.2, 0) is 11.3 Å². The van der Waals surface area contributed by atoms with Gasteiger partial charge in [0.2, 0.25) is 5.91 Å². The van der Waals surface area contributed by atoms with Crippen molar-refractivity contribution in [3.63, 3.8) is 0 Å². The number of carbonyl (C=O) groups is 1. The lowest BCUT2D eigenvalue weighted by Crippen LogP contribution is -2.43. The van der Waals surface area contributed by atoms with Crippen molar-refractivity contribution in [1.82, 2.24) is 9.47 Å². The molecule has 4 nitrogen and oxygen atoms in total. The first kappa shape index (κ1) is 13.9. The summed E-state index contributed by atoms with van der Waals surface area (Å²) < 4.78 is 2.27. The Balaban J connectivity index is 1.68. The van der Waals surface area contributed by atoms with Gasteiger partial charge in [0, 0.05) is 43.8 Å². The molecule has 1 atom stereocenters. The van der Waals surface area contributed by atoms with E-state index in [4.69, 9.17) is 0 Å². The summed E-state index contributed by atoms with van der Waals surface area (Å²) in [5.41, 5.74) is 2.23. The molecule has 2 heterocycles. The molecule has 0 saturated heterocycles. The molecular formula is C17H21N3O. The van der Waals surface area contributed by atoms with Gasteiger partial charge in [-0.3, -0.25) is 9.69 Å². The molecule has 0 spiro atoms. The molecular weight excluding hydrogens is 262 g/mol. The molecule has 110 valence electrons. The topological polar surface area (TPSA) is 28.5 Å². The molecule has 1 amide bonds. The second-order valence-electron chi connectivity index (χ2n) is 5.56. The third-order valence-electron chi connectivity index (χ3n) is 4.32. The van der Waals surface area contributed by atoms with Crippen molar-refractivity contribution in [3.05, 3.63) is 54.4 Å². The number of amides is 1. The molecule has 1 unspecified atom stereocenters. The first-order chi connectivity index (χ1) is 10.2. The van der Waals surface area contributed by atoms with Crippen molar-refractivity contribution >= 4 is 11.6 Å². The summed E-state index contributed by atoms with van der Waals surface area (Å²) in [5, 5.41) is 0. The molecule has 0 saturated carbocycles. The second-order valence-corrected chi connectivity index (χ2v) is 5.56. The predicted molar refractivity (Wildman–Crippen MR) is 84.3 cm³/mol. The Labute approximate surface area is 125 Å². The maximum atomic E-state index is 12.5. The number of aromatic nitrogens is 1. The first-order valence-corrected chi connectivity index (χ1v) is 7.37. The smallest absolute Gasteiger partial charge is 0.240 e. The van der Waals surface area contributed by atoms with E-state index in [1.165, 1.54) is 5.69 Å². The molecule has 2 aromatic rings. The number of fused-ring (bicyclic) bond motifs is 1. The van der Waals surface area contributed by atoms with Crippen LogP contribution in [0, 0.1) is 0 Å². The minimum absolute atomic E-state index is 0.132. The molecule has 1 aliphatic heterocycles. The van der Waals surface area contributed by atoms with Gasteiger partial charge in [0.1, 0.15) is 0 Å². The van der Waals surface area contributed by atoms with Crippen LogP contribution in [0.3, 0.4) is 0 Å². The van der Waals surface area contributed by atoms with Gasteiger partial charge in [-0.05, 0) is 31.2 Å². The van der Waals surface area contributed by atoms with Gasteiger partial charge in [-0.25, -0.2) is 0 Å². The number of benzene rings is 1. The summed E-state index contributed by atoms with van der Waals surface area (Å²) in [6.07, 6.45) is 2.11. The molecule has 0 radical (unpaired) electrons. The lowest BCUT2D eigenvalue weighted by molar-refractivity contribution is -0.120. The van der Waals surface area contributed by atoms with Crippen LogP contribution < -0.4 is 4.90 Å². The normalized spacial score (nSPS) is 18.3. The average molecular weight is 283 g/mol. The van der Waals surface area contributed by atoms with E-state index in [0.717, 1.165) is 18.8 Å². The maximum Gasteiger partial charge on any atom is 0.240 e. The van der Waals surface area contributed by atoms with E-state index < -0.39 is 0 Å². The number of carbonyl (C=O) groups excluding carboxylic acids is 1. The number of likely N-dealkylation sites (N-methyl/N-ethyl adjacent to an activating group) is 1. The van der Waals surface area contributed by atoms with Crippen molar-refractivity contribution in [2.24, 2.45) is 0 Å². The minimum Gasteiger partial charge on any atom is -0.349 e. The quantitative estimate of drug-likeness (QED) is 0.866. The summed E-state index contributed by atoms with van der Waals surface area (Å²) >= 11 is 0. The molecule has 0 aliphatic carbocycles. The van der Waals surface area contributed by atoms with Crippen molar-refractivity contribution in [3.8, 4) is 0 Å². The van der Waals surface area contributed by atoms with Crippen LogP contribution in [0.1, 0.15) is 18.7 Å². The SMILES string of the molecule is CC1c2cccn2CCN1CC(=O)N(C)c1ccccc1. The highest BCUT2D eigenvalue weighted by Crippen LogP contribution is 2.25. The van der Waals surface area contributed by atoms with Gasteiger partial charge >= 0.3 is 0 Å². The Hall–Kier alpha value is -2.07. The fourth-order valence-electron chi connectivity index (χ4n) is 2.92. The van der Waals surface area contributed by atoms with Crippen LogP contribution >= 0.6 is 0 Å². The van der Waals surface area contributed by atoms with Crippen LogP contribution in [0.25, 0.3) is 0 Å². The van der Waals surface area contributed by atoms with Crippen molar-refractivity contribution < 1.29 is 4.79 Å². The van der Waals surface area contributed by atoms with Crippen LogP contribution in [0.4, 0.5) is 5.69 Å². The van der Waals surface area contributed by atoms with Crippen molar-refractivity contribution in [2.45, 2.75) is 19.5 Å². The van der Waals surface area contributed by atoms with Gasteiger partial charge < -0.3 is 9.47 Å². The monoisotopic (exact) mass is 283 g/mol. The zero-order chi connectivity index (χ0) is 14.8. The fraction of sp³-hybridized carbons (Fsp3) is 0.353. The Bertz CT molecular complexity index is 620. The Morgan fingerprint density at radius 2 is 1.95 bits per heavy atom. The highest BCUT2D eigenvalue weighted by molar-refractivity contribution is 5.94. The molecule has 1 aromatic carbocycles. The van der Waals surface area contributed by atoms with Gasteiger partial charge in [0.25, 0.3) is 0 Å². The lowest BCUT2D eigenvalue weighted by atomic mass is 10.1. The molecule has 3 rings (SSSR count). The molecule has 0 bridgehead atoms. The largest absolute Gasteiger partial charge is 0.349 e. The zero-order valence-corrected chi connectivity index (χ0v) is 12.6. The minimum atomic E-state index is 0.132. The lowest BCUT2D eigenvalue weighted by Gasteiger charge is -2.35. The third kappa shape index (κ3) is 2.72. The number of hydrogen-bond donors (Lipinski definition) is 0. The number of nitrogens with zero attached hydrogens (tertiary/aromatic N) is 3. The number of hydrogen-bond acceptors (Lipinski definition) is 2. The van der Waals surface area contributed by atoms with Gasteiger partial charge in [-0.15, -0.1) is 0 Å². The van der Waals surface area contributed by atoms with Crippen LogP contribution in [0.2, 0.25) is 0 Å². The van der Waals surface area contributed by atoms with Gasteiger partial charge in [-0.1, -0.05) is 18.2 Å². The highest BCUT2D eigenvalue weighted by atomic mass is 16.2. The zero-order valence-electron chi connectivity index (χ0n) is 12.6. The van der Waals surface area contributed by atoms with E-state index in [1.54, 1.807) is 4.90 Å². The molecule has 1 aliphatic rings. The van der Waals surface area contributed by atoms with E-state index >= 15 is 0 Å². The number of anilines is 1. The van der Waals surface area contributed by atoms with Crippen molar-refractivity contribution in [1.29, 1.82) is 0 Å². The molecule has 0 N–H and O–H groups in total. The first-order valence-electron chi connectivity index (χ1n) is 7.37.